The number of rotatable bonds is 9. The summed E-state index contributed by atoms with van der Waals surface area (Å²) in [6.45, 7) is 8.86. The average molecular weight is 362 g/mol. The van der Waals surface area contributed by atoms with Crippen molar-refractivity contribution in [3.8, 4) is 0 Å². The summed E-state index contributed by atoms with van der Waals surface area (Å²) in [5, 5.41) is 0. The van der Waals surface area contributed by atoms with E-state index in [1.807, 2.05) is 37.4 Å². The Labute approximate surface area is 154 Å². The second-order valence-electron chi connectivity index (χ2n) is 5.76. The Balaban J connectivity index is 3.18. The molecule has 0 aliphatic carbocycles. The van der Waals surface area contributed by atoms with E-state index in [4.69, 9.17) is 9.47 Å². The van der Waals surface area contributed by atoms with Gasteiger partial charge in [0.05, 0.1) is 0 Å². The summed E-state index contributed by atoms with van der Waals surface area (Å²) >= 11 is 1.47. The Morgan fingerprint density at radius 1 is 1.20 bits per heavy atom. The van der Waals surface area contributed by atoms with Crippen LogP contribution in [-0.2, 0) is 25.5 Å². The van der Waals surface area contributed by atoms with Crippen LogP contribution in [0.1, 0.15) is 44.4 Å². The molecule has 136 valence electrons. The van der Waals surface area contributed by atoms with Crippen molar-refractivity contribution in [2.45, 2.75) is 39.7 Å². The molecule has 4 nitrogen and oxygen atoms in total. The summed E-state index contributed by atoms with van der Waals surface area (Å²) in [6.07, 6.45) is 4.89. The Morgan fingerprint density at radius 2 is 1.88 bits per heavy atom. The first-order valence-electron chi connectivity index (χ1n) is 8.12. The minimum absolute atomic E-state index is 0.150. The monoisotopic (exact) mass is 362 g/mol. The summed E-state index contributed by atoms with van der Waals surface area (Å²) in [4.78, 5) is 23.5. The summed E-state index contributed by atoms with van der Waals surface area (Å²) < 4.78 is 10.6. The van der Waals surface area contributed by atoms with Gasteiger partial charge in [0.25, 0.3) is 0 Å². The lowest BCUT2D eigenvalue weighted by Crippen LogP contribution is -2.13. The first kappa shape index (κ1) is 21.0. The molecule has 0 spiro atoms. The molecule has 0 aromatic heterocycles. The zero-order valence-corrected chi connectivity index (χ0v) is 16.2. The molecule has 0 bridgehead atoms. The van der Waals surface area contributed by atoms with E-state index in [-0.39, 0.29) is 18.5 Å². The predicted octanol–water partition coefficient (Wildman–Crippen LogP) is 4.61. The largest absolute Gasteiger partial charge is 0.462 e. The molecule has 1 atom stereocenters. The number of benzene rings is 1. The van der Waals surface area contributed by atoms with Crippen molar-refractivity contribution in [2.75, 3.05) is 12.9 Å². The molecule has 1 unspecified atom stereocenters. The van der Waals surface area contributed by atoms with Crippen molar-refractivity contribution >= 4 is 23.7 Å². The quantitative estimate of drug-likeness (QED) is 0.474. The molecule has 1 aromatic carbocycles. The molecule has 0 saturated carbocycles. The maximum atomic E-state index is 11.6. The van der Waals surface area contributed by atoms with E-state index in [0.29, 0.717) is 0 Å². The zero-order chi connectivity index (χ0) is 18.8. The van der Waals surface area contributed by atoms with Crippen LogP contribution in [0.15, 0.2) is 47.4 Å². The standard InChI is InChI=1S/C20H26O4S/c1-14(2)10-11-17-8-6-7-9-18(17)20(24-16(4)22)19(25-5)12-13-23-15(3)21/h6-9,12,20H,1,10-11,13H2,2-5H3/b19-12-. The fraction of sp³-hybridized carbons (Fsp3) is 0.400. The van der Waals surface area contributed by atoms with E-state index >= 15 is 0 Å². The number of hydrogen-bond donors (Lipinski definition) is 0. The van der Waals surface area contributed by atoms with E-state index in [0.717, 1.165) is 34.4 Å². The third kappa shape index (κ3) is 7.61. The second kappa shape index (κ2) is 10.8. The van der Waals surface area contributed by atoms with Gasteiger partial charge in [-0.1, -0.05) is 29.8 Å². The fourth-order valence-electron chi connectivity index (χ4n) is 2.35. The van der Waals surface area contributed by atoms with Crippen molar-refractivity contribution < 1.29 is 19.1 Å². The van der Waals surface area contributed by atoms with Crippen LogP contribution in [0.5, 0.6) is 0 Å². The molecule has 0 aliphatic heterocycles. The van der Waals surface area contributed by atoms with E-state index < -0.39 is 6.10 Å². The number of carbonyl (C=O) groups excluding carboxylic acids is 2. The molecule has 1 aromatic rings. The number of carbonyl (C=O) groups is 2. The topological polar surface area (TPSA) is 52.6 Å². The van der Waals surface area contributed by atoms with Gasteiger partial charge in [-0.3, -0.25) is 9.59 Å². The SMILES string of the molecule is C=C(C)CCc1ccccc1C(OC(C)=O)/C(=C/COC(C)=O)SC. The highest BCUT2D eigenvalue weighted by atomic mass is 32.2. The normalized spacial score (nSPS) is 12.4. The lowest BCUT2D eigenvalue weighted by atomic mass is 9.96. The van der Waals surface area contributed by atoms with Crippen molar-refractivity contribution in [3.63, 3.8) is 0 Å². The lowest BCUT2D eigenvalue weighted by Gasteiger charge is -2.22. The van der Waals surface area contributed by atoms with Crippen LogP contribution in [0.25, 0.3) is 0 Å². The Kier molecular flexibility index (Phi) is 9.06. The van der Waals surface area contributed by atoms with Gasteiger partial charge in [-0.05, 0) is 37.7 Å². The van der Waals surface area contributed by atoms with Gasteiger partial charge >= 0.3 is 11.9 Å². The van der Waals surface area contributed by atoms with E-state index in [1.54, 1.807) is 6.08 Å². The first-order valence-corrected chi connectivity index (χ1v) is 9.34. The minimum atomic E-state index is -0.510. The zero-order valence-electron chi connectivity index (χ0n) is 15.3. The summed E-state index contributed by atoms with van der Waals surface area (Å²) in [5.41, 5.74) is 3.17. The molecule has 0 radical (unpaired) electrons. The number of allylic oxidation sites excluding steroid dienone is 1. The molecule has 5 heteroatoms. The minimum Gasteiger partial charge on any atom is -0.462 e. The van der Waals surface area contributed by atoms with Gasteiger partial charge in [0.1, 0.15) is 6.61 Å². The van der Waals surface area contributed by atoms with Crippen LogP contribution < -0.4 is 0 Å². The van der Waals surface area contributed by atoms with Crippen LogP contribution >= 0.6 is 11.8 Å². The third-order valence-electron chi connectivity index (χ3n) is 3.51. The highest BCUT2D eigenvalue weighted by molar-refractivity contribution is 8.02. The van der Waals surface area contributed by atoms with Gasteiger partial charge in [-0.15, -0.1) is 18.3 Å². The first-order chi connectivity index (χ1) is 11.8. The molecule has 0 N–H and O–H groups in total. The highest BCUT2D eigenvalue weighted by Gasteiger charge is 2.22. The summed E-state index contributed by atoms with van der Waals surface area (Å²) in [6, 6.07) is 7.92. The van der Waals surface area contributed by atoms with Crippen LogP contribution in [-0.4, -0.2) is 24.8 Å². The molecular weight excluding hydrogens is 336 g/mol. The Bertz CT molecular complexity index is 649. The van der Waals surface area contributed by atoms with Crippen LogP contribution in [0.3, 0.4) is 0 Å². The second-order valence-corrected chi connectivity index (χ2v) is 6.64. The van der Waals surface area contributed by atoms with E-state index in [1.165, 1.54) is 25.6 Å². The molecule has 0 heterocycles. The van der Waals surface area contributed by atoms with Crippen molar-refractivity contribution in [1.29, 1.82) is 0 Å². The average Bonchev–Trinajstić information content (AvgIpc) is 2.55. The number of thioether (sulfide) groups is 1. The van der Waals surface area contributed by atoms with Gasteiger partial charge in [0.2, 0.25) is 0 Å². The molecule has 25 heavy (non-hydrogen) atoms. The lowest BCUT2D eigenvalue weighted by molar-refractivity contribution is -0.145. The van der Waals surface area contributed by atoms with Crippen LogP contribution in [0.4, 0.5) is 0 Å². The van der Waals surface area contributed by atoms with Crippen LogP contribution in [0, 0.1) is 0 Å². The van der Waals surface area contributed by atoms with Gasteiger partial charge < -0.3 is 9.47 Å². The highest BCUT2D eigenvalue weighted by Crippen LogP contribution is 2.35. The van der Waals surface area contributed by atoms with Gasteiger partial charge in [-0.2, -0.15) is 0 Å². The van der Waals surface area contributed by atoms with Crippen molar-refractivity contribution in [3.05, 3.63) is 58.5 Å². The number of ether oxygens (including phenoxy) is 2. The number of esters is 2. The molecular formula is C20H26O4S. The summed E-state index contributed by atoms with van der Waals surface area (Å²) in [7, 11) is 0. The molecule has 1 rings (SSSR count). The molecule has 0 aliphatic rings. The van der Waals surface area contributed by atoms with Gasteiger partial charge in [0.15, 0.2) is 6.10 Å². The smallest absolute Gasteiger partial charge is 0.303 e. The van der Waals surface area contributed by atoms with Gasteiger partial charge in [-0.25, -0.2) is 0 Å². The van der Waals surface area contributed by atoms with Crippen LogP contribution in [0.2, 0.25) is 0 Å². The summed E-state index contributed by atoms with van der Waals surface area (Å²) in [5.74, 6) is -0.699. The van der Waals surface area contributed by atoms with Crippen molar-refractivity contribution in [2.24, 2.45) is 0 Å². The van der Waals surface area contributed by atoms with E-state index in [2.05, 4.69) is 6.58 Å². The molecule has 0 amide bonds. The maximum Gasteiger partial charge on any atom is 0.303 e. The molecule has 0 fully saturated rings. The number of aryl methyl sites for hydroxylation is 1. The van der Waals surface area contributed by atoms with Crippen molar-refractivity contribution in [1.82, 2.24) is 0 Å². The third-order valence-corrected chi connectivity index (χ3v) is 4.36. The Morgan fingerprint density at radius 3 is 2.44 bits per heavy atom. The Hall–Kier alpha value is -2.01. The molecule has 0 saturated heterocycles. The van der Waals surface area contributed by atoms with E-state index in [9.17, 15) is 9.59 Å². The fourth-order valence-corrected chi connectivity index (χ4v) is 2.97. The number of hydrogen-bond acceptors (Lipinski definition) is 5. The predicted molar refractivity (Wildman–Crippen MR) is 102 cm³/mol. The maximum absolute atomic E-state index is 11.6. The van der Waals surface area contributed by atoms with Gasteiger partial charge in [0, 0.05) is 24.3 Å².